The molecule has 0 bridgehead atoms. The Balaban J connectivity index is 1.79. The van der Waals surface area contributed by atoms with Crippen molar-refractivity contribution in [2.24, 2.45) is 0 Å². The number of hydrogen-bond acceptors (Lipinski definition) is 2. The number of carbonyl (C=O) groups is 1. The lowest BCUT2D eigenvalue weighted by atomic mass is 10.0. The van der Waals surface area contributed by atoms with Crippen LogP contribution in [0.4, 0.5) is 0 Å². The summed E-state index contributed by atoms with van der Waals surface area (Å²) in [7, 11) is 0. The van der Waals surface area contributed by atoms with Gasteiger partial charge in [0.2, 0.25) is 0 Å². The van der Waals surface area contributed by atoms with Crippen LogP contribution in [0.15, 0.2) is 50.2 Å². The third-order valence-corrected chi connectivity index (χ3v) is 4.27. The summed E-state index contributed by atoms with van der Waals surface area (Å²) < 4.78 is 6.69. The Morgan fingerprint density at radius 3 is 2.42 bits per heavy atom. The first-order chi connectivity index (χ1) is 9.09. The molecule has 19 heavy (non-hydrogen) atoms. The minimum Gasteiger partial charge on any atom is -0.457 e. The van der Waals surface area contributed by atoms with Gasteiger partial charge >= 0.3 is 0 Å². The van der Waals surface area contributed by atoms with Crippen LogP contribution in [0.2, 0.25) is 0 Å². The molecule has 5 heteroatoms. The smallest absolute Gasteiger partial charge is 0.255 e. The number of carbonyl (C=O) groups excluding carboxylic acids is 1. The van der Waals surface area contributed by atoms with Gasteiger partial charge in [0.05, 0.1) is 11.1 Å². The third-order valence-electron chi connectivity index (χ3n) is 3.33. The highest BCUT2D eigenvalue weighted by molar-refractivity contribution is 9.10. The van der Waals surface area contributed by atoms with Gasteiger partial charge in [-0.05, 0) is 46.5 Å². The molecule has 1 aliphatic carbocycles. The van der Waals surface area contributed by atoms with Crippen molar-refractivity contribution in [2.45, 2.75) is 18.4 Å². The molecule has 0 saturated heterocycles. The van der Waals surface area contributed by atoms with Crippen molar-refractivity contribution in [3.8, 4) is 0 Å². The Labute approximate surface area is 127 Å². The molecule has 3 rings (SSSR count). The van der Waals surface area contributed by atoms with Gasteiger partial charge in [-0.15, -0.1) is 0 Å². The van der Waals surface area contributed by atoms with Crippen LogP contribution in [0.3, 0.4) is 0 Å². The molecule has 0 unspecified atom stereocenters. The highest BCUT2D eigenvalue weighted by Crippen LogP contribution is 2.45. The van der Waals surface area contributed by atoms with E-state index in [1.165, 1.54) is 6.26 Å². The average molecular weight is 385 g/mol. The summed E-state index contributed by atoms with van der Waals surface area (Å²) >= 11 is 6.61. The van der Waals surface area contributed by atoms with Crippen LogP contribution in [0.5, 0.6) is 0 Å². The molecule has 3 nitrogen and oxygen atoms in total. The zero-order chi connectivity index (χ0) is 13.5. The van der Waals surface area contributed by atoms with E-state index in [1.807, 2.05) is 24.3 Å². The normalized spacial score (nSPS) is 16.1. The fourth-order valence-electron chi connectivity index (χ4n) is 2.10. The number of hydrogen-bond donors (Lipinski definition) is 1. The Morgan fingerprint density at radius 2 is 1.89 bits per heavy atom. The lowest BCUT2D eigenvalue weighted by Crippen LogP contribution is -2.34. The maximum absolute atomic E-state index is 12.2. The van der Waals surface area contributed by atoms with Gasteiger partial charge in [-0.2, -0.15) is 0 Å². The molecule has 1 heterocycles. The van der Waals surface area contributed by atoms with Crippen molar-refractivity contribution in [1.82, 2.24) is 5.32 Å². The molecule has 0 spiro atoms. The van der Waals surface area contributed by atoms with E-state index >= 15 is 0 Å². The highest BCUT2D eigenvalue weighted by Gasteiger charge is 2.45. The maximum Gasteiger partial charge on any atom is 0.255 e. The first-order valence-electron chi connectivity index (χ1n) is 5.92. The predicted molar refractivity (Wildman–Crippen MR) is 78.9 cm³/mol. The van der Waals surface area contributed by atoms with Crippen LogP contribution in [0.1, 0.15) is 28.8 Å². The summed E-state index contributed by atoms with van der Waals surface area (Å²) in [6.45, 7) is 0. The fourth-order valence-corrected chi connectivity index (χ4v) is 2.70. The zero-order valence-electron chi connectivity index (χ0n) is 9.95. The van der Waals surface area contributed by atoms with Crippen molar-refractivity contribution in [1.29, 1.82) is 0 Å². The summed E-state index contributed by atoms with van der Waals surface area (Å²) in [5.74, 6) is -0.102. The Hall–Kier alpha value is -1.07. The maximum atomic E-state index is 12.2. The minimum atomic E-state index is -0.207. The molecule has 1 amide bonds. The van der Waals surface area contributed by atoms with Gasteiger partial charge in [0, 0.05) is 10.5 Å². The lowest BCUT2D eigenvalue weighted by Gasteiger charge is -2.17. The Kier molecular flexibility index (Phi) is 3.27. The van der Waals surface area contributed by atoms with Gasteiger partial charge in [-0.3, -0.25) is 4.79 Å². The van der Waals surface area contributed by atoms with Gasteiger partial charge in [-0.1, -0.05) is 28.1 Å². The van der Waals surface area contributed by atoms with Crippen LogP contribution in [-0.2, 0) is 5.54 Å². The molecular weight excluding hydrogens is 374 g/mol. The SMILES string of the molecule is O=C(NC1(c2ccc(Br)cc2)CC1)c1coc(Br)c1. The van der Waals surface area contributed by atoms with Crippen LogP contribution in [0.25, 0.3) is 0 Å². The van der Waals surface area contributed by atoms with Crippen LogP contribution >= 0.6 is 31.9 Å². The largest absolute Gasteiger partial charge is 0.457 e. The summed E-state index contributed by atoms with van der Waals surface area (Å²) in [6, 6.07) is 9.75. The van der Waals surface area contributed by atoms with Crippen molar-refractivity contribution >= 4 is 37.8 Å². The second-order valence-corrected chi connectivity index (χ2v) is 6.38. The topological polar surface area (TPSA) is 42.2 Å². The van der Waals surface area contributed by atoms with E-state index in [0.717, 1.165) is 22.9 Å². The van der Waals surface area contributed by atoms with Crippen LogP contribution < -0.4 is 5.32 Å². The summed E-state index contributed by atoms with van der Waals surface area (Å²) in [6.07, 6.45) is 3.40. The summed E-state index contributed by atoms with van der Waals surface area (Å²) in [5.41, 5.74) is 1.48. The van der Waals surface area contributed by atoms with E-state index < -0.39 is 0 Å². The number of amides is 1. The first kappa shape index (κ1) is 12.9. The summed E-state index contributed by atoms with van der Waals surface area (Å²) in [4.78, 5) is 12.2. The molecule has 2 aromatic rings. The molecule has 0 radical (unpaired) electrons. The number of benzene rings is 1. The van der Waals surface area contributed by atoms with Crippen LogP contribution in [-0.4, -0.2) is 5.91 Å². The van der Waals surface area contributed by atoms with E-state index in [1.54, 1.807) is 6.07 Å². The number of furan rings is 1. The third kappa shape index (κ3) is 2.62. The van der Waals surface area contributed by atoms with Crippen molar-refractivity contribution in [2.75, 3.05) is 0 Å². The molecule has 1 aromatic carbocycles. The molecule has 1 aliphatic rings. The van der Waals surface area contributed by atoms with E-state index in [0.29, 0.717) is 10.2 Å². The minimum absolute atomic E-state index is 0.102. The quantitative estimate of drug-likeness (QED) is 0.860. The number of rotatable bonds is 3. The van der Waals surface area contributed by atoms with E-state index in [2.05, 4.69) is 37.2 Å². The molecular formula is C14H11Br2NO2. The number of halogens is 2. The molecule has 98 valence electrons. The van der Waals surface area contributed by atoms with Gasteiger partial charge in [0.15, 0.2) is 4.67 Å². The molecule has 0 aliphatic heterocycles. The number of nitrogens with one attached hydrogen (secondary N) is 1. The summed E-state index contributed by atoms with van der Waals surface area (Å²) in [5, 5.41) is 3.10. The first-order valence-corrected chi connectivity index (χ1v) is 7.50. The van der Waals surface area contributed by atoms with Gasteiger partial charge in [0.1, 0.15) is 6.26 Å². The van der Waals surface area contributed by atoms with Gasteiger partial charge in [-0.25, -0.2) is 0 Å². The standard InChI is InChI=1S/C14H11Br2NO2/c15-11-3-1-10(2-4-11)14(5-6-14)17-13(18)9-7-12(16)19-8-9/h1-4,7-8H,5-6H2,(H,17,18). The van der Waals surface area contributed by atoms with E-state index in [-0.39, 0.29) is 11.4 Å². The Bertz CT molecular complexity index is 615. The zero-order valence-corrected chi connectivity index (χ0v) is 13.1. The molecule has 1 aromatic heterocycles. The molecule has 1 N–H and O–H groups in total. The fraction of sp³-hybridized carbons (Fsp3) is 0.214. The monoisotopic (exact) mass is 383 g/mol. The molecule has 1 saturated carbocycles. The van der Waals surface area contributed by atoms with Crippen molar-refractivity contribution in [3.63, 3.8) is 0 Å². The van der Waals surface area contributed by atoms with Crippen LogP contribution in [0, 0.1) is 0 Å². The van der Waals surface area contributed by atoms with Gasteiger partial charge < -0.3 is 9.73 Å². The average Bonchev–Trinajstić information content (AvgIpc) is 3.03. The van der Waals surface area contributed by atoms with Gasteiger partial charge in [0.25, 0.3) is 5.91 Å². The lowest BCUT2D eigenvalue weighted by molar-refractivity contribution is 0.0930. The van der Waals surface area contributed by atoms with E-state index in [9.17, 15) is 4.79 Å². The van der Waals surface area contributed by atoms with E-state index in [4.69, 9.17) is 4.42 Å². The predicted octanol–water partition coefficient (Wildman–Crippen LogP) is 4.22. The highest BCUT2D eigenvalue weighted by atomic mass is 79.9. The second-order valence-electron chi connectivity index (χ2n) is 4.68. The second kappa shape index (κ2) is 4.80. The van der Waals surface area contributed by atoms with Crippen molar-refractivity contribution < 1.29 is 9.21 Å². The van der Waals surface area contributed by atoms with Crippen molar-refractivity contribution in [3.05, 3.63) is 56.9 Å². The molecule has 0 atom stereocenters. The Morgan fingerprint density at radius 1 is 1.21 bits per heavy atom. The molecule has 1 fully saturated rings.